The van der Waals surface area contributed by atoms with Crippen LogP contribution in [0, 0.1) is 5.92 Å². The second kappa shape index (κ2) is 3.58. The highest BCUT2D eigenvalue weighted by Gasteiger charge is 2.27. The third-order valence-corrected chi connectivity index (χ3v) is 2.89. The van der Waals surface area contributed by atoms with Gasteiger partial charge in [-0.25, -0.2) is 0 Å². The average molecular weight is 193 g/mol. The Kier molecular flexibility index (Phi) is 2.42. The largest absolute Gasteiger partial charge is 0.376 e. The van der Waals surface area contributed by atoms with E-state index in [1.807, 2.05) is 6.20 Å². The van der Waals surface area contributed by atoms with E-state index < -0.39 is 0 Å². The number of carbonyl (C=O) groups is 1. The van der Waals surface area contributed by atoms with Crippen molar-refractivity contribution in [2.75, 3.05) is 6.61 Å². The van der Waals surface area contributed by atoms with Crippen molar-refractivity contribution in [2.24, 2.45) is 5.92 Å². The standard InChI is InChI=1S/C11H15NO2/c1-7(2)9-6-14-5-8-3-12-10(4-13)11(8)9/h3-4,7,9,12H,5-6H2,1-2H3. The van der Waals surface area contributed by atoms with E-state index in [0.717, 1.165) is 24.2 Å². The molecule has 0 aromatic carbocycles. The van der Waals surface area contributed by atoms with Gasteiger partial charge in [-0.3, -0.25) is 4.79 Å². The molecule has 1 atom stereocenters. The molecule has 1 unspecified atom stereocenters. The first-order valence-electron chi connectivity index (χ1n) is 4.97. The number of nitrogens with one attached hydrogen (secondary N) is 1. The molecule has 0 spiro atoms. The number of aromatic nitrogens is 1. The van der Waals surface area contributed by atoms with Gasteiger partial charge in [-0.2, -0.15) is 0 Å². The van der Waals surface area contributed by atoms with Crippen LogP contribution in [-0.2, 0) is 11.3 Å². The van der Waals surface area contributed by atoms with Crippen LogP contribution in [0.5, 0.6) is 0 Å². The van der Waals surface area contributed by atoms with Gasteiger partial charge in [0.15, 0.2) is 6.29 Å². The number of hydrogen-bond donors (Lipinski definition) is 1. The third kappa shape index (κ3) is 1.38. The maximum Gasteiger partial charge on any atom is 0.166 e. The quantitative estimate of drug-likeness (QED) is 0.731. The van der Waals surface area contributed by atoms with Gasteiger partial charge in [0.05, 0.1) is 18.9 Å². The van der Waals surface area contributed by atoms with Gasteiger partial charge in [-0.15, -0.1) is 0 Å². The normalized spacial score (nSPS) is 20.9. The molecule has 2 heterocycles. The van der Waals surface area contributed by atoms with Crippen LogP contribution in [0.1, 0.15) is 41.4 Å². The van der Waals surface area contributed by atoms with Crippen molar-refractivity contribution >= 4 is 6.29 Å². The van der Waals surface area contributed by atoms with Crippen molar-refractivity contribution in [1.29, 1.82) is 0 Å². The first-order chi connectivity index (χ1) is 6.74. The molecule has 1 aliphatic heterocycles. The van der Waals surface area contributed by atoms with Crippen LogP contribution in [0.25, 0.3) is 0 Å². The maximum absolute atomic E-state index is 10.8. The topological polar surface area (TPSA) is 42.1 Å². The van der Waals surface area contributed by atoms with E-state index in [4.69, 9.17) is 4.74 Å². The minimum absolute atomic E-state index is 0.352. The smallest absolute Gasteiger partial charge is 0.166 e. The van der Waals surface area contributed by atoms with Crippen LogP contribution in [-0.4, -0.2) is 17.9 Å². The molecular formula is C11H15NO2. The summed E-state index contributed by atoms with van der Waals surface area (Å²) in [6.07, 6.45) is 2.78. The molecule has 0 saturated heterocycles. The molecule has 2 rings (SSSR count). The molecule has 1 aliphatic rings. The predicted molar refractivity (Wildman–Crippen MR) is 53.4 cm³/mol. The van der Waals surface area contributed by atoms with E-state index in [9.17, 15) is 4.79 Å². The highest BCUT2D eigenvalue weighted by molar-refractivity contribution is 5.76. The van der Waals surface area contributed by atoms with Crippen molar-refractivity contribution in [3.63, 3.8) is 0 Å². The molecule has 76 valence electrons. The molecule has 0 amide bonds. The fourth-order valence-corrected chi connectivity index (χ4v) is 2.05. The van der Waals surface area contributed by atoms with Gasteiger partial charge in [-0.1, -0.05) is 13.8 Å². The summed E-state index contributed by atoms with van der Waals surface area (Å²) in [5.41, 5.74) is 3.03. The van der Waals surface area contributed by atoms with E-state index in [1.165, 1.54) is 5.56 Å². The van der Waals surface area contributed by atoms with Gasteiger partial charge in [-0.05, 0) is 17.0 Å². The van der Waals surface area contributed by atoms with E-state index in [0.29, 0.717) is 18.4 Å². The van der Waals surface area contributed by atoms with Gasteiger partial charge in [0.1, 0.15) is 0 Å². The summed E-state index contributed by atoms with van der Waals surface area (Å²) in [6.45, 7) is 5.67. The number of H-pyrrole nitrogens is 1. The molecule has 3 nitrogen and oxygen atoms in total. The number of carbonyl (C=O) groups excluding carboxylic acids is 1. The zero-order valence-electron chi connectivity index (χ0n) is 8.54. The van der Waals surface area contributed by atoms with Gasteiger partial charge in [0, 0.05) is 12.1 Å². The number of hydrogen-bond acceptors (Lipinski definition) is 2. The number of aldehydes is 1. The third-order valence-electron chi connectivity index (χ3n) is 2.89. The van der Waals surface area contributed by atoms with Gasteiger partial charge in [0.25, 0.3) is 0 Å². The van der Waals surface area contributed by atoms with Crippen molar-refractivity contribution in [1.82, 2.24) is 4.98 Å². The second-order valence-corrected chi connectivity index (χ2v) is 4.12. The molecule has 0 saturated carbocycles. The van der Waals surface area contributed by atoms with Crippen LogP contribution >= 0.6 is 0 Å². The molecule has 0 fully saturated rings. The summed E-state index contributed by atoms with van der Waals surface area (Å²) >= 11 is 0. The van der Waals surface area contributed by atoms with E-state index in [2.05, 4.69) is 18.8 Å². The van der Waals surface area contributed by atoms with Crippen molar-refractivity contribution < 1.29 is 9.53 Å². The Bertz CT molecular complexity index is 341. The van der Waals surface area contributed by atoms with Crippen LogP contribution < -0.4 is 0 Å². The number of aromatic amines is 1. The summed E-state index contributed by atoms with van der Waals surface area (Å²) in [7, 11) is 0. The lowest BCUT2D eigenvalue weighted by molar-refractivity contribution is 0.0794. The fraction of sp³-hybridized carbons (Fsp3) is 0.545. The first kappa shape index (κ1) is 9.46. The fourth-order valence-electron chi connectivity index (χ4n) is 2.05. The maximum atomic E-state index is 10.8. The van der Waals surface area contributed by atoms with E-state index in [-0.39, 0.29) is 0 Å². The highest BCUT2D eigenvalue weighted by atomic mass is 16.5. The summed E-state index contributed by atoms with van der Waals surface area (Å²) in [5.74, 6) is 0.855. The van der Waals surface area contributed by atoms with Gasteiger partial charge in [0.2, 0.25) is 0 Å². The molecule has 3 heteroatoms. The van der Waals surface area contributed by atoms with Gasteiger partial charge >= 0.3 is 0 Å². The molecule has 0 bridgehead atoms. The lowest BCUT2D eigenvalue weighted by Crippen LogP contribution is -2.20. The molecule has 1 aromatic heterocycles. The molecule has 14 heavy (non-hydrogen) atoms. The van der Waals surface area contributed by atoms with Crippen molar-refractivity contribution in [3.8, 4) is 0 Å². The second-order valence-electron chi connectivity index (χ2n) is 4.12. The van der Waals surface area contributed by atoms with Crippen molar-refractivity contribution in [3.05, 3.63) is 23.0 Å². The summed E-state index contributed by atoms with van der Waals surface area (Å²) in [6, 6.07) is 0. The molecule has 1 aromatic rings. The minimum Gasteiger partial charge on any atom is -0.376 e. The number of fused-ring (bicyclic) bond motifs is 1. The summed E-state index contributed by atoms with van der Waals surface area (Å²) < 4.78 is 5.49. The SMILES string of the molecule is CC(C)C1COCc2c[nH]c(C=O)c21. The molecule has 0 aliphatic carbocycles. The lowest BCUT2D eigenvalue weighted by atomic mass is 9.85. The Morgan fingerprint density at radius 1 is 1.64 bits per heavy atom. The number of ether oxygens (including phenoxy) is 1. The Balaban J connectivity index is 2.44. The Morgan fingerprint density at radius 2 is 2.43 bits per heavy atom. The van der Waals surface area contributed by atoms with Crippen LogP contribution in [0.15, 0.2) is 6.20 Å². The van der Waals surface area contributed by atoms with E-state index in [1.54, 1.807) is 0 Å². The van der Waals surface area contributed by atoms with Crippen LogP contribution in [0.3, 0.4) is 0 Å². The number of rotatable bonds is 2. The zero-order valence-corrected chi connectivity index (χ0v) is 8.54. The lowest BCUT2D eigenvalue weighted by Gasteiger charge is -2.26. The Labute approximate surface area is 83.5 Å². The van der Waals surface area contributed by atoms with Gasteiger partial charge < -0.3 is 9.72 Å². The predicted octanol–water partition coefficient (Wildman–Crippen LogP) is 2.10. The molecular weight excluding hydrogens is 178 g/mol. The Morgan fingerprint density at radius 3 is 3.07 bits per heavy atom. The summed E-state index contributed by atoms with van der Waals surface area (Å²) in [4.78, 5) is 13.8. The first-order valence-corrected chi connectivity index (χ1v) is 4.97. The zero-order chi connectivity index (χ0) is 10.1. The van der Waals surface area contributed by atoms with E-state index >= 15 is 0 Å². The van der Waals surface area contributed by atoms with Crippen molar-refractivity contribution in [2.45, 2.75) is 26.4 Å². The Hall–Kier alpha value is -1.09. The minimum atomic E-state index is 0.352. The summed E-state index contributed by atoms with van der Waals surface area (Å²) in [5, 5.41) is 0. The molecule has 0 radical (unpaired) electrons. The highest BCUT2D eigenvalue weighted by Crippen LogP contribution is 2.33. The molecule has 1 N–H and O–H groups in total. The monoisotopic (exact) mass is 193 g/mol. The van der Waals surface area contributed by atoms with Crippen LogP contribution in [0.2, 0.25) is 0 Å². The van der Waals surface area contributed by atoms with Crippen LogP contribution in [0.4, 0.5) is 0 Å². The average Bonchev–Trinajstić information content (AvgIpc) is 2.59.